The molecule has 1 amide bonds. The van der Waals surface area contributed by atoms with Gasteiger partial charge in [0.2, 0.25) is 0 Å². The summed E-state index contributed by atoms with van der Waals surface area (Å²) in [5.74, 6) is -0.282. The maximum Gasteiger partial charge on any atom is 0.261 e. The summed E-state index contributed by atoms with van der Waals surface area (Å²) in [6.07, 6.45) is 2.33. The summed E-state index contributed by atoms with van der Waals surface area (Å²) in [5, 5.41) is 5.16. The van der Waals surface area contributed by atoms with Crippen molar-refractivity contribution in [3.05, 3.63) is 82.0 Å². The van der Waals surface area contributed by atoms with Gasteiger partial charge in [-0.1, -0.05) is 29.8 Å². The van der Waals surface area contributed by atoms with Gasteiger partial charge in [0, 0.05) is 22.2 Å². The van der Waals surface area contributed by atoms with Crippen molar-refractivity contribution in [2.24, 2.45) is 0 Å². The minimum absolute atomic E-state index is 0.0535. The van der Waals surface area contributed by atoms with Crippen molar-refractivity contribution in [3.63, 3.8) is 0 Å². The lowest BCUT2D eigenvalue weighted by Crippen LogP contribution is -2.43. The summed E-state index contributed by atoms with van der Waals surface area (Å²) in [7, 11) is -3.81. The number of likely N-dealkylation sites (tertiary alicyclic amines) is 1. The first kappa shape index (κ1) is 23.5. The average molecular weight is 484 g/mol. The van der Waals surface area contributed by atoms with E-state index in [1.165, 1.54) is 17.0 Å². The van der Waals surface area contributed by atoms with Gasteiger partial charge in [0.15, 0.2) is 0 Å². The van der Waals surface area contributed by atoms with Crippen molar-refractivity contribution >= 4 is 33.0 Å². The number of sulfonamides is 1. The van der Waals surface area contributed by atoms with Gasteiger partial charge in [0.25, 0.3) is 15.9 Å². The van der Waals surface area contributed by atoms with Gasteiger partial charge in [0.05, 0.1) is 10.9 Å². The first-order valence-electron chi connectivity index (χ1n) is 11.1. The molecule has 0 unspecified atom stereocenters. The second-order valence-electron chi connectivity index (χ2n) is 8.46. The molecule has 2 atom stereocenters. The highest BCUT2D eigenvalue weighted by atomic mass is 32.2. The third kappa shape index (κ3) is 5.63. The van der Waals surface area contributed by atoms with Crippen LogP contribution in [0.15, 0.2) is 70.9 Å². The summed E-state index contributed by atoms with van der Waals surface area (Å²) >= 11 is 1.70. The van der Waals surface area contributed by atoms with Gasteiger partial charge >= 0.3 is 0 Å². The third-order valence-corrected chi connectivity index (χ3v) is 8.23. The molecular weight excluding hydrogens is 454 g/mol. The Hall–Kier alpha value is -2.68. The molecule has 0 saturated carbocycles. The highest BCUT2D eigenvalue weighted by molar-refractivity contribution is 7.92. The van der Waals surface area contributed by atoms with Crippen molar-refractivity contribution in [1.29, 1.82) is 0 Å². The van der Waals surface area contributed by atoms with E-state index in [0.29, 0.717) is 11.3 Å². The first-order chi connectivity index (χ1) is 15.8. The largest absolute Gasteiger partial charge is 0.348 e. The molecule has 1 aliphatic rings. The summed E-state index contributed by atoms with van der Waals surface area (Å²) < 4.78 is 28.3. The number of nitrogens with one attached hydrogen (secondary N) is 2. The minimum atomic E-state index is -3.81. The number of carbonyl (C=O) groups is 1. The molecule has 0 spiro atoms. The zero-order chi connectivity index (χ0) is 23.4. The Morgan fingerprint density at radius 1 is 1.03 bits per heavy atom. The molecule has 1 aromatic heterocycles. The van der Waals surface area contributed by atoms with Gasteiger partial charge in [0.1, 0.15) is 0 Å². The van der Waals surface area contributed by atoms with E-state index in [-0.39, 0.29) is 22.9 Å². The van der Waals surface area contributed by atoms with Crippen LogP contribution in [0.1, 0.15) is 46.6 Å². The van der Waals surface area contributed by atoms with Crippen molar-refractivity contribution in [3.8, 4) is 0 Å². The van der Waals surface area contributed by atoms with Gasteiger partial charge in [-0.05, 0) is 81.6 Å². The van der Waals surface area contributed by atoms with Crippen LogP contribution in [0.5, 0.6) is 0 Å². The van der Waals surface area contributed by atoms with E-state index in [1.54, 1.807) is 35.6 Å². The van der Waals surface area contributed by atoms with Crippen LogP contribution >= 0.6 is 11.3 Å². The lowest BCUT2D eigenvalue weighted by molar-refractivity contribution is 0.0907. The van der Waals surface area contributed by atoms with E-state index in [1.807, 2.05) is 32.0 Å². The molecule has 1 fully saturated rings. The van der Waals surface area contributed by atoms with Gasteiger partial charge in [-0.15, -0.1) is 11.3 Å². The number of amides is 1. The molecular formula is C25H29N3O3S2. The molecule has 4 rings (SSSR count). The van der Waals surface area contributed by atoms with Gasteiger partial charge in [-0.3, -0.25) is 14.4 Å². The quantitative estimate of drug-likeness (QED) is 0.482. The standard InChI is InChI=1S/C25H29N3O3S2/c1-18-10-12-21(13-11-18)27-33(30,31)22-8-5-7-20(17-22)25(29)26-19(2)24(23-9-6-16-32-23)28-14-3-4-15-28/h5-13,16-17,19,24,27H,3-4,14-15H2,1-2H3,(H,26,29)/t19-,24-/m0/s1. The van der Waals surface area contributed by atoms with Crippen molar-refractivity contribution < 1.29 is 13.2 Å². The summed E-state index contributed by atoms with van der Waals surface area (Å²) in [6.45, 7) is 5.98. The smallest absolute Gasteiger partial charge is 0.261 e. The van der Waals surface area contributed by atoms with Crippen molar-refractivity contribution in [1.82, 2.24) is 10.2 Å². The number of hydrogen-bond acceptors (Lipinski definition) is 5. The molecule has 1 saturated heterocycles. The van der Waals surface area contributed by atoms with Crippen LogP contribution in [0.3, 0.4) is 0 Å². The highest BCUT2D eigenvalue weighted by Gasteiger charge is 2.30. The monoisotopic (exact) mass is 483 g/mol. The first-order valence-corrected chi connectivity index (χ1v) is 13.5. The molecule has 6 nitrogen and oxygen atoms in total. The Morgan fingerprint density at radius 3 is 2.42 bits per heavy atom. The number of nitrogens with zero attached hydrogens (tertiary/aromatic N) is 1. The zero-order valence-corrected chi connectivity index (χ0v) is 20.5. The number of rotatable bonds is 8. The van der Waals surface area contributed by atoms with E-state index in [2.05, 4.69) is 26.4 Å². The highest BCUT2D eigenvalue weighted by Crippen LogP contribution is 2.31. The predicted molar refractivity (Wildman–Crippen MR) is 133 cm³/mol. The van der Waals surface area contributed by atoms with Crippen molar-refractivity contribution in [2.45, 2.75) is 43.7 Å². The maximum absolute atomic E-state index is 13.1. The molecule has 2 heterocycles. The Bertz CT molecular complexity index is 1190. The Kier molecular flexibility index (Phi) is 7.17. The van der Waals surface area contributed by atoms with E-state index < -0.39 is 10.0 Å². The van der Waals surface area contributed by atoms with Crippen LogP contribution in [0, 0.1) is 6.92 Å². The molecule has 0 aliphatic carbocycles. The Morgan fingerprint density at radius 2 is 1.76 bits per heavy atom. The normalized spacial score (nSPS) is 16.3. The molecule has 2 N–H and O–H groups in total. The number of benzene rings is 2. The summed E-state index contributed by atoms with van der Waals surface area (Å²) in [5.41, 5.74) is 1.84. The van der Waals surface area contributed by atoms with E-state index in [0.717, 1.165) is 31.5 Å². The minimum Gasteiger partial charge on any atom is -0.348 e. The number of thiophene rings is 1. The maximum atomic E-state index is 13.1. The van der Waals surface area contributed by atoms with Crippen LogP contribution in [0.4, 0.5) is 5.69 Å². The number of aryl methyl sites for hydroxylation is 1. The number of carbonyl (C=O) groups excluding carboxylic acids is 1. The van der Waals surface area contributed by atoms with E-state index >= 15 is 0 Å². The molecule has 2 aromatic carbocycles. The number of hydrogen-bond donors (Lipinski definition) is 2. The molecule has 0 bridgehead atoms. The fourth-order valence-corrected chi connectivity index (χ4v) is 6.30. The second-order valence-corrected chi connectivity index (χ2v) is 11.1. The van der Waals surface area contributed by atoms with Crippen molar-refractivity contribution in [2.75, 3.05) is 17.8 Å². The van der Waals surface area contributed by atoms with Crippen LogP contribution in [0.25, 0.3) is 0 Å². The van der Waals surface area contributed by atoms with Gasteiger partial charge in [-0.25, -0.2) is 8.42 Å². The van der Waals surface area contributed by atoms with E-state index in [9.17, 15) is 13.2 Å². The summed E-state index contributed by atoms with van der Waals surface area (Å²) in [4.78, 5) is 16.8. The Balaban J connectivity index is 1.50. The van der Waals surface area contributed by atoms with Gasteiger partial charge < -0.3 is 5.32 Å². The van der Waals surface area contributed by atoms with Crippen LogP contribution in [0.2, 0.25) is 0 Å². The number of anilines is 1. The van der Waals surface area contributed by atoms with Crippen LogP contribution < -0.4 is 10.0 Å². The molecule has 0 radical (unpaired) electrons. The fourth-order valence-electron chi connectivity index (χ4n) is 4.23. The SMILES string of the molecule is Cc1ccc(NS(=O)(=O)c2cccc(C(=O)N[C@@H](C)[C@@H](c3cccs3)N3CCCC3)c2)cc1. The van der Waals surface area contributed by atoms with Crippen LogP contribution in [-0.4, -0.2) is 38.4 Å². The third-order valence-electron chi connectivity index (χ3n) is 5.91. The molecule has 8 heteroatoms. The van der Waals surface area contributed by atoms with E-state index in [4.69, 9.17) is 0 Å². The lowest BCUT2D eigenvalue weighted by Gasteiger charge is -2.32. The van der Waals surface area contributed by atoms with Gasteiger partial charge in [-0.2, -0.15) is 0 Å². The lowest BCUT2D eigenvalue weighted by atomic mass is 10.1. The fraction of sp³-hybridized carbons (Fsp3) is 0.320. The molecule has 3 aromatic rings. The molecule has 33 heavy (non-hydrogen) atoms. The zero-order valence-electron chi connectivity index (χ0n) is 18.8. The topological polar surface area (TPSA) is 78.5 Å². The van der Waals surface area contributed by atoms with Crippen LogP contribution in [-0.2, 0) is 10.0 Å². The molecule has 174 valence electrons. The second kappa shape index (κ2) is 10.1. The predicted octanol–water partition coefficient (Wildman–Crippen LogP) is 4.81. The Labute approximate surface area is 199 Å². The summed E-state index contributed by atoms with van der Waals surface area (Å²) in [6, 6.07) is 17.4. The molecule has 1 aliphatic heterocycles. The average Bonchev–Trinajstić information content (AvgIpc) is 3.51.